The third-order valence-electron chi connectivity index (χ3n) is 6.09. The molecule has 5 rings (SSSR count). The average Bonchev–Trinajstić information content (AvgIpc) is 3.27. The van der Waals surface area contributed by atoms with E-state index < -0.39 is 5.41 Å². The first kappa shape index (κ1) is 19.4. The molecule has 0 bridgehead atoms. The maximum Gasteiger partial charge on any atom is 0.236 e. The molecule has 156 valence electrons. The van der Waals surface area contributed by atoms with Gasteiger partial charge < -0.3 is 5.73 Å². The van der Waals surface area contributed by atoms with Crippen molar-refractivity contribution in [3.05, 3.63) is 84.3 Å². The SMILES string of the molecule is CC1(C)C(=O)N(c2ccc3c(cnn3-c3ccc(F)cc3)n2)[C@H](c2ccccc2)[C@H]1N. The van der Waals surface area contributed by atoms with Gasteiger partial charge in [-0.25, -0.2) is 14.1 Å². The maximum atomic E-state index is 13.4. The Hall–Kier alpha value is -3.58. The summed E-state index contributed by atoms with van der Waals surface area (Å²) in [6.45, 7) is 3.75. The van der Waals surface area contributed by atoms with Crippen LogP contribution in [-0.4, -0.2) is 26.7 Å². The van der Waals surface area contributed by atoms with Crippen LogP contribution < -0.4 is 10.6 Å². The standard InChI is InChI=1S/C24H22FN5O/c1-24(2)22(26)21(15-6-4-3-5-7-15)29(23(24)31)20-13-12-19-18(28-20)14-27-30(19)17-10-8-16(25)9-11-17/h3-14,21-22H,26H2,1-2H3/t21-,22-/m1/s1. The number of rotatable bonds is 3. The van der Waals surface area contributed by atoms with E-state index in [9.17, 15) is 9.18 Å². The molecule has 1 aliphatic heterocycles. The summed E-state index contributed by atoms with van der Waals surface area (Å²) in [6.07, 6.45) is 1.64. The normalized spacial score (nSPS) is 20.5. The van der Waals surface area contributed by atoms with Gasteiger partial charge in [0, 0.05) is 6.04 Å². The van der Waals surface area contributed by atoms with Crippen molar-refractivity contribution in [1.29, 1.82) is 0 Å². The molecule has 0 aliphatic carbocycles. The first-order valence-electron chi connectivity index (χ1n) is 10.1. The number of carbonyl (C=O) groups excluding carboxylic acids is 1. The second-order valence-corrected chi connectivity index (χ2v) is 8.38. The number of halogens is 1. The van der Waals surface area contributed by atoms with E-state index >= 15 is 0 Å². The van der Waals surface area contributed by atoms with Gasteiger partial charge in [-0.2, -0.15) is 5.10 Å². The molecule has 0 radical (unpaired) electrons. The largest absolute Gasteiger partial charge is 0.325 e. The predicted octanol–water partition coefficient (Wildman–Crippen LogP) is 4.00. The van der Waals surface area contributed by atoms with Crippen LogP contribution in [0.15, 0.2) is 72.9 Å². The number of carbonyl (C=O) groups is 1. The van der Waals surface area contributed by atoms with Crippen molar-refractivity contribution in [2.75, 3.05) is 4.90 Å². The van der Waals surface area contributed by atoms with Crippen LogP contribution in [0.3, 0.4) is 0 Å². The summed E-state index contributed by atoms with van der Waals surface area (Å²) >= 11 is 0. The van der Waals surface area contributed by atoms with E-state index in [1.165, 1.54) is 12.1 Å². The Balaban J connectivity index is 1.60. The molecule has 1 fully saturated rings. The third-order valence-corrected chi connectivity index (χ3v) is 6.09. The number of anilines is 1. The molecule has 0 spiro atoms. The quantitative estimate of drug-likeness (QED) is 0.549. The van der Waals surface area contributed by atoms with Gasteiger partial charge in [0.1, 0.15) is 17.2 Å². The summed E-state index contributed by atoms with van der Waals surface area (Å²) in [4.78, 5) is 19.8. The smallest absolute Gasteiger partial charge is 0.236 e. The van der Waals surface area contributed by atoms with Crippen molar-refractivity contribution in [3.8, 4) is 5.69 Å². The number of nitrogens with zero attached hydrogens (tertiary/aromatic N) is 4. The molecule has 0 saturated carbocycles. The first-order valence-corrected chi connectivity index (χ1v) is 10.1. The fourth-order valence-corrected chi connectivity index (χ4v) is 4.22. The van der Waals surface area contributed by atoms with E-state index in [2.05, 4.69) is 5.10 Å². The molecule has 7 heteroatoms. The minimum absolute atomic E-state index is 0.0633. The van der Waals surface area contributed by atoms with Gasteiger partial charge in [0.2, 0.25) is 5.91 Å². The minimum atomic E-state index is -0.727. The number of benzene rings is 2. The lowest BCUT2D eigenvalue weighted by molar-refractivity contribution is -0.124. The summed E-state index contributed by atoms with van der Waals surface area (Å²) in [5, 5.41) is 4.41. The van der Waals surface area contributed by atoms with Gasteiger partial charge in [0.15, 0.2) is 0 Å². The highest BCUT2D eigenvalue weighted by Crippen LogP contribution is 2.45. The van der Waals surface area contributed by atoms with Crippen molar-refractivity contribution in [1.82, 2.24) is 14.8 Å². The van der Waals surface area contributed by atoms with Gasteiger partial charge in [-0.3, -0.25) is 9.69 Å². The molecule has 1 amide bonds. The zero-order chi connectivity index (χ0) is 21.8. The average molecular weight is 415 g/mol. The van der Waals surface area contributed by atoms with Crippen molar-refractivity contribution >= 4 is 22.8 Å². The molecular weight excluding hydrogens is 393 g/mol. The van der Waals surface area contributed by atoms with Crippen LogP contribution in [0.4, 0.5) is 10.2 Å². The second kappa shape index (κ2) is 6.99. The maximum absolute atomic E-state index is 13.4. The molecule has 1 aliphatic rings. The van der Waals surface area contributed by atoms with E-state index in [0.717, 1.165) is 16.8 Å². The van der Waals surface area contributed by atoms with E-state index in [1.54, 1.807) is 27.9 Å². The van der Waals surface area contributed by atoms with Crippen LogP contribution in [0.1, 0.15) is 25.5 Å². The molecule has 31 heavy (non-hydrogen) atoms. The number of pyridine rings is 1. The van der Waals surface area contributed by atoms with Crippen LogP contribution in [0.5, 0.6) is 0 Å². The number of hydrogen-bond donors (Lipinski definition) is 1. The Morgan fingerprint density at radius 1 is 1.00 bits per heavy atom. The Morgan fingerprint density at radius 2 is 1.71 bits per heavy atom. The zero-order valence-electron chi connectivity index (χ0n) is 17.2. The van der Waals surface area contributed by atoms with Gasteiger partial charge >= 0.3 is 0 Å². The summed E-state index contributed by atoms with van der Waals surface area (Å²) in [7, 11) is 0. The molecule has 2 aromatic heterocycles. The van der Waals surface area contributed by atoms with Crippen molar-refractivity contribution in [2.24, 2.45) is 11.1 Å². The summed E-state index contributed by atoms with van der Waals surface area (Å²) in [5.74, 6) is 0.164. The van der Waals surface area contributed by atoms with Gasteiger partial charge in [-0.15, -0.1) is 0 Å². The van der Waals surface area contributed by atoms with E-state index in [-0.39, 0.29) is 23.8 Å². The monoisotopic (exact) mass is 415 g/mol. The van der Waals surface area contributed by atoms with Crippen LogP contribution in [0.25, 0.3) is 16.7 Å². The van der Waals surface area contributed by atoms with Gasteiger partial charge in [0.25, 0.3) is 0 Å². The van der Waals surface area contributed by atoms with Crippen molar-refractivity contribution < 1.29 is 9.18 Å². The van der Waals surface area contributed by atoms with Crippen molar-refractivity contribution in [3.63, 3.8) is 0 Å². The van der Waals surface area contributed by atoms with Gasteiger partial charge in [-0.05, 0) is 55.8 Å². The molecular formula is C24H22FN5O. The lowest BCUT2D eigenvalue weighted by Crippen LogP contribution is -2.38. The Morgan fingerprint density at radius 3 is 2.42 bits per heavy atom. The Labute approximate surface area is 179 Å². The summed E-state index contributed by atoms with van der Waals surface area (Å²) in [5.41, 5.74) is 8.95. The molecule has 1 saturated heterocycles. The van der Waals surface area contributed by atoms with Gasteiger partial charge in [-0.1, -0.05) is 30.3 Å². The molecule has 2 N–H and O–H groups in total. The Kier molecular flexibility index (Phi) is 4.37. The minimum Gasteiger partial charge on any atom is -0.325 e. The lowest BCUT2D eigenvalue weighted by atomic mass is 9.83. The van der Waals surface area contributed by atoms with Crippen LogP contribution in [0, 0.1) is 11.2 Å². The third kappa shape index (κ3) is 3.00. The van der Waals surface area contributed by atoms with E-state index in [0.29, 0.717) is 11.3 Å². The number of nitrogens with two attached hydrogens (primary N) is 1. The topological polar surface area (TPSA) is 77.0 Å². The highest BCUT2D eigenvalue weighted by atomic mass is 19.1. The van der Waals surface area contributed by atoms with E-state index in [4.69, 9.17) is 10.7 Å². The van der Waals surface area contributed by atoms with Crippen LogP contribution in [-0.2, 0) is 4.79 Å². The molecule has 4 aromatic rings. The summed E-state index contributed by atoms with van der Waals surface area (Å²) in [6, 6.07) is 18.9. The molecule has 2 atom stereocenters. The molecule has 2 aromatic carbocycles. The van der Waals surface area contributed by atoms with Crippen molar-refractivity contribution in [2.45, 2.75) is 25.9 Å². The number of hydrogen-bond acceptors (Lipinski definition) is 4. The number of fused-ring (bicyclic) bond motifs is 1. The molecule has 6 nitrogen and oxygen atoms in total. The second-order valence-electron chi connectivity index (χ2n) is 8.38. The molecule has 0 unspecified atom stereocenters. The van der Waals surface area contributed by atoms with E-state index in [1.807, 2.05) is 56.3 Å². The highest BCUT2D eigenvalue weighted by molar-refractivity contribution is 6.01. The highest BCUT2D eigenvalue weighted by Gasteiger charge is 2.53. The first-order chi connectivity index (χ1) is 14.9. The zero-order valence-corrected chi connectivity index (χ0v) is 17.2. The van der Waals surface area contributed by atoms with Crippen LogP contribution in [0.2, 0.25) is 0 Å². The fourth-order valence-electron chi connectivity index (χ4n) is 4.22. The number of amides is 1. The predicted molar refractivity (Wildman–Crippen MR) is 117 cm³/mol. The van der Waals surface area contributed by atoms with Crippen LogP contribution >= 0.6 is 0 Å². The Bertz CT molecular complexity index is 1270. The summed E-state index contributed by atoms with van der Waals surface area (Å²) < 4.78 is 15.0. The van der Waals surface area contributed by atoms with Gasteiger partial charge in [0.05, 0.1) is 28.9 Å². The number of aromatic nitrogens is 3. The fraction of sp³-hybridized carbons (Fsp3) is 0.208. The molecule has 3 heterocycles. The lowest BCUT2D eigenvalue weighted by Gasteiger charge is -2.26.